The molecule has 0 aliphatic heterocycles. The van der Waals surface area contributed by atoms with Crippen molar-refractivity contribution in [2.24, 2.45) is 0 Å². The maximum atomic E-state index is 13.7. The summed E-state index contributed by atoms with van der Waals surface area (Å²) in [6.07, 6.45) is 0. The van der Waals surface area contributed by atoms with Crippen LogP contribution in [0.15, 0.2) is 18.2 Å². The number of hydrogen-bond donors (Lipinski definition) is 0. The second-order valence-corrected chi connectivity index (χ2v) is 7.00. The molecule has 0 saturated carbocycles. The van der Waals surface area contributed by atoms with Crippen LogP contribution in [0.3, 0.4) is 0 Å². The van der Waals surface area contributed by atoms with Gasteiger partial charge < -0.3 is 9.30 Å². The van der Waals surface area contributed by atoms with Gasteiger partial charge in [0.15, 0.2) is 17.4 Å². The van der Waals surface area contributed by atoms with Crippen LogP contribution in [0, 0.1) is 25.5 Å². The molecule has 0 saturated heterocycles. The summed E-state index contributed by atoms with van der Waals surface area (Å²) in [6.45, 7) is 8.07. The van der Waals surface area contributed by atoms with Crippen molar-refractivity contribution in [1.29, 1.82) is 0 Å². The molecule has 0 fully saturated rings. The van der Waals surface area contributed by atoms with E-state index in [1.165, 1.54) is 23.9 Å². The summed E-state index contributed by atoms with van der Waals surface area (Å²) < 4.78 is 34.0. The summed E-state index contributed by atoms with van der Waals surface area (Å²) in [6, 6.07) is 3.98. The van der Waals surface area contributed by atoms with Gasteiger partial charge in [-0.3, -0.25) is 4.79 Å². The molecule has 27 heavy (non-hydrogen) atoms. The highest BCUT2D eigenvalue weighted by atomic mass is 32.2. The molecular weight excluding hydrogens is 372 g/mol. The number of ketones is 1. The van der Waals surface area contributed by atoms with Crippen molar-refractivity contribution in [3.05, 3.63) is 57.9 Å². The number of carbonyl (C=O) groups excluding carboxylic acids is 2. The van der Waals surface area contributed by atoms with Gasteiger partial charge in [0, 0.05) is 29.2 Å². The molecule has 1 heterocycles. The Morgan fingerprint density at radius 2 is 1.78 bits per heavy atom. The van der Waals surface area contributed by atoms with E-state index in [2.05, 4.69) is 0 Å². The maximum absolute atomic E-state index is 13.7. The third kappa shape index (κ3) is 4.40. The third-order valence-electron chi connectivity index (χ3n) is 4.38. The Kier molecular flexibility index (Phi) is 7.18. The summed E-state index contributed by atoms with van der Waals surface area (Å²) in [7, 11) is 0. The molecule has 0 bridgehead atoms. The number of esters is 1. The van der Waals surface area contributed by atoms with Gasteiger partial charge in [-0.1, -0.05) is 12.1 Å². The fraction of sp³-hybridized carbons (Fsp3) is 0.400. The number of nitrogens with zero attached hydrogens (tertiary/aromatic N) is 1. The first-order valence-corrected chi connectivity index (χ1v) is 9.89. The Morgan fingerprint density at radius 1 is 1.11 bits per heavy atom. The molecule has 2 rings (SSSR count). The van der Waals surface area contributed by atoms with Crippen LogP contribution >= 0.6 is 11.8 Å². The van der Waals surface area contributed by atoms with Crippen molar-refractivity contribution in [2.45, 2.75) is 40.0 Å². The molecule has 0 aliphatic rings. The van der Waals surface area contributed by atoms with Crippen molar-refractivity contribution >= 4 is 23.5 Å². The minimum atomic E-state index is -0.907. The average Bonchev–Trinajstić information content (AvgIpc) is 2.88. The number of halogens is 2. The molecule has 0 aliphatic carbocycles. The molecule has 0 amide bonds. The maximum Gasteiger partial charge on any atom is 0.340 e. The van der Waals surface area contributed by atoms with Gasteiger partial charge in [-0.25, -0.2) is 13.6 Å². The van der Waals surface area contributed by atoms with Crippen molar-refractivity contribution in [1.82, 2.24) is 4.57 Å². The SMILES string of the molecule is CCOC(=O)c1c(C(=O)CSCc2cccc(F)c2F)c(C)n(CC)c1C. The molecule has 1 aromatic carbocycles. The van der Waals surface area contributed by atoms with E-state index in [-0.39, 0.29) is 29.5 Å². The molecule has 0 radical (unpaired) electrons. The summed E-state index contributed by atoms with van der Waals surface area (Å²) in [5, 5.41) is 0. The van der Waals surface area contributed by atoms with Gasteiger partial charge in [0.1, 0.15) is 0 Å². The van der Waals surface area contributed by atoms with Crippen LogP contribution in [0.4, 0.5) is 8.78 Å². The van der Waals surface area contributed by atoms with Crippen LogP contribution < -0.4 is 0 Å². The predicted octanol–water partition coefficient (Wildman–Crippen LogP) is 4.70. The molecule has 0 spiro atoms. The largest absolute Gasteiger partial charge is 0.462 e. The standard InChI is InChI=1S/C20H23F2NO3S/c1-5-23-12(3)17(18(13(23)4)20(25)26-6-2)16(24)11-27-10-14-8-7-9-15(21)19(14)22/h7-9H,5-6,10-11H2,1-4H3. The van der Waals surface area contributed by atoms with Crippen LogP contribution in [-0.2, 0) is 17.0 Å². The lowest BCUT2D eigenvalue weighted by atomic mass is 10.1. The second kappa shape index (κ2) is 9.17. The Labute approximate surface area is 161 Å². The zero-order chi connectivity index (χ0) is 20.1. The van der Waals surface area contributed by atoms with Crippen LogP contribution in [0.2, 0.25) is 0 Å². The summed E-state index contributed by atoms with van der Waals surface area (Å²) >= 11 is 1.18. The van der Waals surface area contributed by atoms with Crippen LogP contribution in [0.1, 0.15) is 51.5 Å². The highest BCUT2D eigenvalue weighted by molar-refractivity contribution is 7.99. The molecule has 2 aromatic rings. The Bertz CT molecular complexity index is 861. The number of rotatable bonds is 8. The molecule has 1 aromatic heterocycles. The van der Waals surface area contributed by atoms with Gasteiger partial charge in [-0.2, -0.15) is 0 Å². The lowest BCUT2D eigenvalue weighted by Gasteiger charge is -2.07. The van der Waals surface area contributed by atoms with Crippen molar-refractivity contribution < 1.29 is 23.1 Å². The number of thioether (sulfide) groups is 1. The number of Topliss-reactive ketones (excluding diaryl/α,β-unsaturated/α-hetero) is 1. The molecular formula is C20H23F2NO3S. The number of benzene rings is 1. The van der Waals surface area contributed by atoms with E-state index in [1.54, 1.807) is 20.8 Å². The molecule has 146 valence electrons. The predicted molar refractivity (Wildman–Crippen MR) is 102 cm³/mol. The lowest BCUT2D eigenvalue weighted by molar-refractivity contribution is 0.0522. The first kappa shape index (κ1) is 21.2. The molecule has 4 nitrogen and oxygen atoms in total. The first-order valence-electron chi connectivity index (χ1n) is 8.74. The van der Waals surface area contributed by atoms with Crippen molar-refractivity contribution in [2.75, 3.05) is 12.4 Å². The summed E-state index contributed by atoms with van der Waals surface area (Å²) in [4.78, 5) is 25.2. The monoisotopic (exact) mass is 395 g/mol. The highest BCUT2D eigenvalue weighted by Crippen LogP contribution is 2.26. The number of hydrogen-bond acceptors (Lipinski definition) is 4. The van der Waals surface area contributed by atoms with E-state index < -0.39 is 17.6 Å². The topological polar surface area (TPSA) is 48.3 Å². The minimum Gasteiger partial charge on any atom is -0.462 e. The van der Waals surface area contributed by atoms with Gasteiger partial charge in [0.25, 0.3) is 0 Å². The van der Waals surface area contributed by atoms with Crippen LogP contribution in [0.25, 0.3) is 0 Å². The number of aromatic nitrogens is 1. The minimum absolute atomic E-state index is 0.0520. The number of ether oxygens (including phenoxy) is 1. The van der Waals surface area contributed by atoms with Crippen molar-refractivity contribution in [3.8, 4) is 0 Å². The quantitative estimate of drug-likeness (QED) is 0.480. The van der Waals surface area contributed by atoms with Crippen molar-refractivity contribution in [3.63, 3.8) is 0 Å². The van der Waals surface area contributed by atoms with Crippen LogP contribution in [0.5, 0.6) is 0 Å². The lowest BCUT2D eigenvalue weighted by Crippen LogP contribution is -2.13. The molecule has 0 atom stereocenters. The van der Waals surface area contributed by atoms with E-state index >= 15 is 0 Å². The van der Waals surface area contributed by atoms with Gasteiger partial charge >= 0.3 is 5.97 Å². The Morgan fingerprint density at radius 3 is 2.41 bits per heavy atom. The fourth-order valence-electron chi connectivity index (χ4n) is 3.14. The van der Waals surface area contributed by atoms with Gasteiger partial charge in [0.2, 0.25) is 0 Å². The molecule has 0 unspecified atom stereocenters. The van der Waals surface area contributed by atoms with Crippen LogP contribution in [-0.4, -0.2) is 28.7 Å². The Balaban J connectivity index is 2.22. The number of carbonyl (C=O) groups is 2. The fourth-order valence-corrected chi connectivity index (χ4v) is 4.01. The second-order valence-electron chi connectivity index (χ2n) is 6.01. The van der Waals surface area contributed by atoms with E-state index in [4.69, 9.17) is 4.74 Å². The molecule has 0 N–H and O–H groups in total. The zero-order valence-electron chi connectivity index (χ0n) is 15.9. The third-order valence-corrected chi connectivity index (χ3v) is 5.36. The smallest absolute Gasteiger partial charge is 0.340 e. The highest BCUT2D eigenvalue weighted by Gasteiger charge is 2.27. The summed E-state index contributed by atoms with van der Waals surface area (Å²) in [5.41, 5.74) is 2.25. The first-order chi connectivity index (χ1) is 12.8. The normalized spacial score (nSPS) is 10.9. The van der Waals surface area contributed by atoms with E-state index in [0.29, 0.717) is 29.1 Å². The van der Waals surface area contributed by atoms with E-state index in [1.807, 2.05) is 11.5 Å². The zero-order valence-corrected chi connectivity index (χ0v) is 16.7. The molecule has 7 heteroatoms. The van der Waals surface area contributed by atoms with E-state index in [9.17, 15) is 18.4 Å². The van der Waals surface area contributed by atoms with Gasteiger partial charge in [-0.15, -0.1) is 11.8 Å². The van der Waals surface area contributed by atoms with Gasteiger partial charge in [0.05, 0.1) is 23.5 Å². The summed E-state index contributed by atoms with van der Waals surface area (Å²) in [5.74, 6) is -2.33. The Hall–Kier alpha value is -2.15. The van der Waals surface area contributed by atoms with Gasteiger partial charge in [-0.05, 0) is 33.8 Å². The average molecular weight is 395 g/mol. The van der Waals surface area contributed by atoms with E-state index in [0.717, 1.165) is 6.07 Å².